The average molecular weight is 344 g/mol. The quantitative estimate of drug-likeness (QED) is 0.497. The highest BCUT2D eigenvalue weighted by Gasteiger charge is 2.32. The molecule has 1 atom stereocenters. The maximum absolute atomic E-state index is 12.8. The summed E-state index contributed by atoms with van der Waals surface area (Å²) in [6.07, 6.45) is 1.39. The first kappa shape index (κ1) is 18.6. The van der Waals surface area contributed by atoms with Crippen LogP contribution in [-0.2, 0) is 11.2 Å². The fourth-order valence-electron chi connectivity index (χ4n) is 3.07. The van der Waals surface area contributed by atoms with Crippen LogP contribution in [0.15, 0.2) is 54.6 Å². The number of halogens is 1. The third-order valence-electron chi connectivity index (χ3n) is 4.15. The molecule has 1 aliphatic heterocycles. The Morgan fingerprint density at radius 1 is 1.16 bits per heavy atom. The molecule has 1 heterocycles. The zero-order valence-corrected chi connectivity index (χ0v) is 13.8. The lowest BCUT2D eigenvalue weighted by molar-refractivity contribution is -0.122. The van der Waals surface area contributed by atoms with Crippen LogP contribution in [0.3, 0.4) is 0 Å². The second-order valence-electron chi connectivity index (χ2n) is 5.63. The van der Waals surface area contributed by atoms with Gasteiger partial charge in [0.15, 0.2) is 0 Å². The first-order valence-corrected chi connectivity index (χ1v) is 8.08. The number of fused-ring (bicyclic) bond motifs is 1. The van der Waals surface area contributed by atoms with E-state index in [9.17, 15) is 9.28 Å². The summed E-state index contributed by atoms with van der Waals surface area (Å²) in [5.41, 5.74) is 4.63. The normalized spacial score (nSPS) is 15.8. The molecule has 0 aromatic heterocycles. The Hall–Kier alpha value is -2.73. The maximum Gasteiger partial charge on any atom is 0.290 e. The van der Waals surface area contributed by atoms with Gasteiger partial charge in [0.1, 0.15) is 0 Å². The van der Waals surface area contributed by atoms with Gasteiger partial charge in [-0.1, -0.05) is 48.5 Å². The second kappa shape index (κ2) is 9.54. The smallest absolute Gasteiger partial charge is 0.290 e. The summed E-state index contributed by atoms with van der Waals surface area (Å²) in [5, 5.41) is 6.89. The van der Waals surface area contributed by atoms with E-state index in [1.807, 2.05) is 59.5 Å². The van der Waals surface area contributed by atoms with Crippen LogP contribution in [0.2, 0.25) is 0 Å². The molecule has 0 saturated heterocycles. The summed E-state index contributed by atoms with van der Waals surface area (Å²) in [5.74, 6) is 0.0366. The van der Waals surface area contributed by atoms with Gasteiger partial charge >= 0.3 is 0 Å². The molecule has 5 nitrogen and oxygen atoms in total. The van der Waals surface area contributed by atoms with Gasteiger partial charge in [-0.2, -0.15) is 5.54 Å². The Balaban J connectivity index is 0.000000701. The third kappa shape index (κ3) is 4.64. The van der Waals surface area contributed by atoms with E-state index in [0.717, 1.165) is 23.1 Å². The van der Waals surface area contributed by atoms with Crippen molar-refractivity contribution >= 4 is 12.4 Å². The second-order valence-corrected chi connectivity index (χ2v) is 5.63. The molecule has 0 saturated carbocycles. The highest BCUT2D eigenvalue weighted by Crippen LogP contribution is 2.33. The highest BCUT2D eigenvalue weighted by molar-refractivity contribution is 5.97. The molecule has 25 heavy (non-hydrogen) atoms. The van der Waals surface area contributed by atoms with Crippen LogP contribution in [0, 0.1) is 0 Å². The molecule has 0 bridgehead atoms. The lowest BCUT2D eigenvalue weighted by Gasteiger charge is -2.37. The Kier molecular flexibility index (Phi) is 7.10. The Bertz CT molecular complexity index is 694. The van der Waals surface area contributed by atoms with E-state index < -0.39 is 0 Å². The van der Waals surface area contributed by atoms with Gasteiger partial charge in [-0.3, -0.25) is 9.59 Å². The van der Waals surface area contributed by atoms with Gasteiger partial charge in [-0.25, -0.2) is 0 Å². The molecule has 2 N–H and O–H groups in total. The van der Waals surface area contributed by atoms with Gasteiger partial charge in [0, 0.05) is 18.7 Å². The minimum atomic E-state index is -0.250. The van der Waals surface area contributed by atoms with Crippen molar-refractivity contribution < 1.29 is 19.2 Å². The van der Waals surface area contributed by atoms with E-state index in [4.69, 9.17) is 9.90 Å². The highest BCUT2D eigenvalue weighted by atomic mass is 19.2. The summed E-state index contributed by atoms with van der Waals surface area (Å²) in [6, 6.07) is 17.8. The van der Waals surface area contributed by atoms with Crippen molar-refractivity contribution in [1.82, 2.24) is 10.4 Å². The topological polar surface area (TPSA) is 69.6 Å². The largest absolute Gasteiger partial charge is 0.483 e. The van der Waals surface area contributed by atoms with Crippen molar-refractivity contribution in [2.24, 2.45) is 0 Å². The van der Waals surface area contributed by atoms with E-state index in [2.05, 4.69) is 0 Å². The molecular weight excluding hydrogens is 323 g/mol. The maximum atomic E-state index is 12.8. The predicted molar refractivity (Wildman–Crippen MR) is 92.8 cm³/mol. The summed E-state index contributed by atoms with van der Waals surface area (Å²) in [6.45, 7) is 0.552. The molecule has 2 aromatic rings. The van der Waals surface area contributed by atoms with E-state index >= 15 is 0 Å². The number of nitrogens with one attached hydrogen (secondary N) is 1. The molecule has 6 heteroatoms. The standard InChI is InChI=1S/C18H19FN2O.CH2O2/c19-20-11-6-12-21-17(14-7-2-1-3-8-14)13-15-9-4-5-10-16(15)18(21)22;2-1-3/h1-5,7-10,17,20H,6,11-13H2;1H,(H,2,3). The average Bonchev–Trinajstić information content (AvgIpc) is 2.65. The number of carbonyl (C=O) groups is 2. The molecule has 1 amide bonds. The molecule has 0 spiro atoms. The third-order valence-corrected chi connectivity index (χ3v) is 4.15. The van der Waals surface area contributed by atoms with Crippen LogP contribution in [0.25, 0.3) is 0 Å². The van der Waals surface area contributed by atoms with Crippen molar-refractivity contribution in [2.75, 3.05) is 13.1 Å². The molecule has 1 unspecified atom stereocenters. The number of rotatable bonds is 5. The van der Waals surface area contributed by atoms with Crippen LogP contribution in [0.4, 0.5) is 4.48 Å². The lowest BCUT2D eigenvalue weighted by atomic mass is 9.89. The van der Waals surface area contributed by atoms with Crippen molar-refractivity contribution in [1.29, 1.82) is 0 Å². The molecule has 3 rings (SSSR count). The van der Waals surface area contributed by atoms with Crippen LogP contribution in [-0.4, -0.2) is 35.5 Å². The first-order valence-electron chi connectivity index (χ1n) is 8.08. The van der Waals surface area contributed by atoms with Gasteiger partial charge in [-0.15, -0.1) is 4.48 Å². The Labute approximate surface area is 146 Å². The zero-order valence-electron chi connectivity index (χ0n) is 13.8. The fraction of sp³-hybridized carbons (Fsp3) is 0.263. The molecule has 132 valence electrons. The minimum Gasteiger partial charge on any atom is -0.483 e. The Morgan fingerprint density at radius 3 is 2.48 bits per heavy atom. The van der Waals surface area contributed by atoms with Crippen LogP contribution < -0.4 is 5.54 Å². The van der Waals surface area contributed by atoms with E-state index in [1.54, 1.807) is 5.54 Å². The number of hydrogen-bond donors (Lipinski definition) is 2. The first-order chi connectivity index (χ1) is 12.2. The fourth-order valence-corrected chi connectivity index (χ4v) is 3.07. The van der Waals surface area contributed by atoms with Crippen LogP contribution >= 0.6 is 0 Å². The summed E-state index contributed by atoms with van der Waals surface area (Å²) in [4.78, 5) is 23.0. The summed E-state index contributed by atoms with van der Waals surface area (Å²) >= 11 is 0. The predicted octanol–water partition coefficient (Wildman–Crippen LogP) is 2.99. The Morgan fingerprint density at radius 2 is 1.80 bits per heavy atom. The van der Waals surface area contributed by atoms with E-state index in [1.165, 1.54) is 0 Å². The van der Waals surface area contributed by atoms with E-state index in [0.29, 0.717) is 13.0 Å². The molecule has 0 fully saturated rings. The molecule has 2 aromatic carbocycles. The number of carboxylic acid groups (broad SMARTS) is 1. The number of amides is 1. The minimum absolute atomic E-state index is 0.0169. The van der Waals surface area contributed by atoms with Gasteiger partial charge in [0.25, 0.3) is 12.4 Å². The van der Waals surface area contributed by atoms with Crippen LogP contribution in [0.1, 0.15) is 33.9 Å². The number of carbonyl (C=O) groups excluding carboxylic acids is 1. The van der Waals surface area contributed by atoms with E-state index in [-0.39, 0.29) is 25.0 Å². The van der Waals surface area contributed by atoms with Crippen molar-refractivity contribution in [3.05, 3.63) is 71.3 Å². The molecular formula is C19H21FN2O3. The lowest BCUT2D eigenvalue weighted by Crippen LogP contribution is -2.41. The van der Waals surface area contributed by atoms with Gasteiger partial charge in [-0.05, 0) is 30.0 Å². The molecule has 0 radical (unpaired) electrons. The molecule has 1 aliphatic rings. The van der Waals surface area contributed by atoms with Gasteiger partial charge in [0.2, 0.25) is 0 Å². The van der Waals surface area contributed by atoms with Crippen molar-refractivity contribution in [3.8, 4) is 0 Å². The van der Waals surface area contributed by atoms with Crippen LogP contribution in [0.5, 0.6) is 0 Å². The van der Waals surface area contributed by atoms with Gasteiger partial charge in [0.05, 0.1) is 6.04 Å². The molecule has 0 aliphatic carbocycles. The summed E-state index contributed by atoms with van der Waals surface area (Å²) in [7, 11) is 0. The SMILES string of the molecule is O=C1c2ccccc2CC(c2ccccc2)N1CCCNF.O=CO. The summed E-state index contributed by atoms with van der Waals surface area (Å²) < 4.78 is 12.2. The van der Waals surface area contributed by atoms with Crippen molar-refractivity contribution in [3.63, 3.8) is 0 Å². The number of nitrogens with zero attached hydrogens (tertiary/aromatic N) is 1. The zero-order chi connectivity index (χ0) is 18.1. The number of benzene rings is 2. The number of hydrogen-bond acceptors (Lipinski definition) is 3. The van der Waals surface area contributed by atoms with Crippen molar-refractivity contribution in [2.45, 2.75) is 18.9 Å². The monoisotopic (exact) mass is 344 g/mol. The van der Waals surface area contributed by atoms with Gasteiger partial charge < -0.3 is 10.0 Å².